The van der Waals surface area contributed by atoms with Gasteiger partial charge in [-0.3, -0.25) is 4.90 Å². The van der Waals surface area contributed by atoms with Crippen molar-refractivity contribution in [2.45, 2.75) is 32.7 Å². The molecule has 1 aliphatic rings. The fourth-order valence-electron chi connectivity index (χ4n) is 1.89. The molecule has 0 aliphatic carbocycles. The Morgan fingerprint density at radius 1 is 1.23 bits per heavy atom. The van der Waals surface area contributed by atoms with E-state index in [1.54, 1.807) is 0 Å². The van der Waals surface area contributed by atoms with Crippen molar-refractivity contribution in [3.05, 3.63) is 0 Å². The van der Waals surface area contributed by atoms with Crippen LogP contribution in [0.1, 0.15) is 26.7 Å². The molecule has 0 bridgehead atoms. The summed E-state index contributed by atoms with van der Waals surface area (Å²) in [5.74, 6) is 0. The highest BCUT2D eigenvalue weighted by atomic mass is 35.5. The average molecular weight is 229 g/mol. The lowest BCUT2D eigenvalue weighted by molar-refractivity contribution is 0.182. The summed E-state index contributed by atoms with van der Waals surface area (Å²) >= 11 is 0. The molecule has 1 N–H and O–H groups in total. The van der Waals surface area contributed by atoms with Crippen LogP contribution in [0.3, 0.4) is 0 Å². The Hall–Kier alpha value is 0.500. The summed E-state index contributed by atoms with van der Waals surface area (Å²) in [5.41, 5.74) is 0. The highest BCUT2D eigenvalue weighted by molar-refractivity contribution is 5.85. The zero-order valence-corrected chi connectivity index (χ0v) is 10.2. The van der Waals surface area contributed by atoms with Crippen molar-refractivity contribution in [2.75, 3.05) is 26.2 Å². The van der Waals surface area contributed by atoms with Crippen molar-refractivity contribution >= 4 is 24.8 Å². The van der Waals surface area contributed by atoms with Crippen LogP contribution in [0.5, 0.6) is 0 Å². The first-order valence-corrected chi connectivity index (χ1v) is 4.83. The zero-order valence-electron chi connectivity index (χ0n) is 8.58. The van der Waals surface area contributed by atoms with Crippen molar-refractivity contribution in [2.24, 2.45) is 0 Å². The number of nitrogens with one attached hydrogen (secondary N) is 1. The highest BCUT2D eigenvalue weighted by Crippen LogP contribution is 2.08. The number of likely N-dealkylation sites (N-methyl/N-ethyl adjacent to an activating group) is 1. The van der Waals surface area contributed by atoms with Crippen LogP contribution in [0.25, 0.3) is 0 Å². The van der Waals surface area contributed by atoms with Gasteiger partial charge in [-0.05, 0) is 32.5 Å². The summed E-state index contributed by atoms with van der Waals surface area (Å²) in [7, 11) is 0. The summed E-state index contributed by atoms with van der Waals surface area (Å²) in [6, 6.07) is 0.804. The van der Waals surface area contributed by atoms with Gasteiger partial charge in [-0.15, -0.1) is 24.8 Å². The maximum atomic E-state index is 3.44. The van der Waals surface area contributed by atoms with Crippen LogP contribution in [0.2, 0.25) is 0 Å². The standard InChI is InChI=1S/C9H20N2.2ClH/c1-3-11(4-2)9-6-5-7-10-8-9;;/h9-10H,3-8H2,1-2H3;2*1H. The number of hydrogen-bond acceptors (Lipinski definition) is 2. The molecule has 0 aromatic heterocycles. The Morgan fingerprint density at radius 2 is 1.85 bits per heavy atom. The van der Waals surface area contributed by atoms with Gasteiger partial charge < -0.3 is 5.32 Å². The topological polar surface area (TPSA) is 15.3 Å². The maximum absolute atomic E-state index is 3.44. The third kappa shape index (κ3) is 5.06. The Labute approximate surface area is 94.3 Å². The third-order valence-electron chi connectivity index (χ3n) is 2.60. The fourth-order valence-corrected chi connectivity index (χ4v) is 1.89. The molecule has 0 aromatic carbocycles. The Bertz CT molecular complexity index is 102. The molecule has 1 atom stereocenters. The number of hydrogen-bond donors (Lipinski definition) is 1. The maximum Gasteiger partial charge on any atom is 0.0220 e. The Morgan fingerprint density at radius 3 is 2.23 bits per heavy atom. The minimum Gasteiger partial charge on any atom is -0.315 e. The molecule has 0 saturated carbocycles. The first kappa shape index (κ1) is 15.9. The second-order valence-corrected chi connectivity index (χ2v) is 3.22. The first-order chi connectivity index (χ1) is 5.38. The van der Waals surface area contributed by atoms with Crippen LogP contribution in [0.15, 0.2) is 0 Å². The monoisotopic (exact) mass is 228 g/mol. The number of nitrogens with zero attached hydrogens (tertiary/aromatic N) is 1. The van der Waals surface area contributed by atoms with E-state index in [9.17, 15) is 0 Å². The van der Waals surface area contributed by atoms with Crippen LogP contribution < -0.4 is 5.32 Å². The van der Waals surface area contributed by atoms with E-state index in [2.05, 4.69) is 24.1 Å². The lowest BCUT2D eigenvalue weighted by Crippen LogP contribution is -2.45. The van der Waals surface area contributed by atoms with Crippen LogP contribution >= 0.6 is 24.8 Å². The molecule has 0 amide bonds. The quantitative estimate of drug-likeness (QED) is 0.795. The molecular weight excluding hydrogens is 207 g/mol. The lowest BCUT2D eigenvalue weighted by atomic mass is 10.1. The van der Waals surface area contributed by atoms with Crippen molar-refractivity contribution in [1.29, 1.82) is 0 Å². The van der Waals surface area contributed by atoms with Crippen molar-refractivity contribution in [1.82, 2.24) is 10.2 Å². The Kier molecular flexibility index (Phi) is 11.1. The van der Waals surface area contributed by atoms with E-state index in [0.717, 1.165) is 6.04 Å². The van der Waals surface area contributed by atoms with Crippen molar-refractivity contribution < 1.29 is 0 Å². The predicted molar refractivity (Wildman–Crippen MR) is 63.3 cm³/mol. The molecule has 0 aromatic rings. The van der Waals surface area contributed by atoms with E-state index in [1.807, 2.05) is 0 Å². The Balaban J connectivity index is 0. The molecular formula is C9H22Cl2N2. The summed E-state index contributed by atoms with van der Waals surface area (Å²) < 4.78 is 0. The fraction of sp³-hybridized carbons (Fsp3) is 1.00. The van der Waals surface area contributed by atoms with Gasteiger partial charge in [-0.25, -0.2) is 0 Å². The molecule has 82 valence electrons. The van der Waals surface area contributed by atoms with E-state index in [1.165, 1.54) is 39.0 Å². The van der Waals surface area contributed by atoms with Gasteiger partial charge in [-0.2, -0.15) is 0 Å². The minimum absolute atomic E-state index is 0. The van der Waals surface area contributed by atoms with Crippen LogP contribution in [0.4, 0.5) is 0 Å². The van der Waals surface area contributed by atoms with Crippen LogP contribution in [-0.2, 0) is 0 Å². The summed E-state index contributed by atoms with van der Waals surface area (Å²) in [4.78, 5) is 2.55. The van der Waals surface area contributed by atoms with Crippen molar-refractivity contribution in [3.8, 4) is 0 Å². The molecule has 1 unspecified atom stereocenters. The minimum atomic E-state index is 0. The summed E-state index contributed by atoms with van der Waals surface area (Å²) in [5, 5.41) is 3.44. The zero-order chi connectivity index (χ0) is 8.10. The van der Waals surface area contributed by atoms with Gasteiger partial charge in [0.2, 0.25) is 0 Å². The molecule has 2 nitrogen and oxygen atoms in total. The van der Waals surface area contributed by atoms with Gasteiger partial charge in [0.25, 0.3) is 0 Å². The number of halogens is 2. The first-order valence-electron chi connectivity index (χ1n) is 4.83. The third-order valence-corrected chi connectivity index (χ3v) is 2.60. The average Bonchev–Trinajstić information content (AvgIpc) is 2.09. The predicted octanol–water partition coefficient (Wildman–Crippen LogP) is 1.92. The van der Waals surface area contributed by atoms with E-state index in [-0.39, 0.29) is 24.8 Å². The molecule has 4 heteroatoms. The largest absolute Gasteiger partial charge is 0.315 e. The van der Waals surface area contributed by atoms with E-state index in [0.29, 0.717) is 0 Å². The molecule has 1 rings (SSSR count). The van der Waals surface area contributed by atoms with Gasteiger partial charge in [0.15, 0.2) is 0 Å². The van der Waals surface area contributed by atoms with E-state index in [4.69, 9.17) is 0 Å². The summed E-state index contributed by atoms with van der Waals surface area (Å²) in [6.07, 6.45) is 2.73. The second-order valence-electron chi connectivity index (χ2n) is 3.22. The smallest absolute Gasteiger partial charge is 0.0220 e. The van der Waals surface area contributed by atoms with Gasteiger partial charge in [-0.1, -0.05) is 13.8 Å². The second kappa shape index (κ2) is 9.07. The summed E-state index contributed by atoms with van der Waals surface area (Å²) in [6.45, 7) is 9.31. The number of rotatable bonds is 3. The van der Waals surface area contributed by atoms with Gasteiger partial charge in [0, 0.05) is 12.6 Å². The number of piperidine rings is 1. The van der Waals surface area contributed by atoms with Gasteiger partial charge in [0.1, 0.15) is 0 Å². The van der Waals surface area contributed by atoms with Crippen LogP contribution in [0, 0.1) is 0 Å². The van der Waals surface area contributed by atoms with Crippen LogP contribution in [-0.4, -0.2) is 37.1 Å². The highest BCUT2D eigenvalue weighted by Gasteiger charge is 2.17. The van der Waals surface area contributed by atoms with E-state index < -0.39 is 0 Å². The lowest BCUT2D eigenvalue weighted by Gasteiger charge is -2.32. The van der Waals surface area contributed by atoms with Gasteiger partial charge in [0.05, 0.1) is 0 Å². The SMILES string of the molecule is CCN(CC)C1CCCNC1.Cl.Cl. The molecule has 0 radical (unpaired) electrons. The van der Waals surface area contributed by atoms with Crippen molar-refractivity contribution in [3.63, 3.8) is 0 Å². The molecule has 0 spiro atoms. The van der Waals surface area contributed by atoms with Gasteiger partial charge >= 0.3 is 0 Å². The molecule has 13 heavy (non-hydrogen) atoms. The van der Waals surface area contributed by atoms with E-state index >= 15 is 0 Å². The molecule has 1 aliphatic heterocycles. The molecule has 1 saturated heterocycles. The molecule has 1 fully saturated rings. The molecule has 1 heterocycles. The normalized spacial score (nSPS) is 21.9.